The summed E-state index contributed by atoms with van der Waals surface area (Å²) in [4.78, 5) is 2.37. The van der Waals surface area contributed by atoms with Crippen LogP contribution in [-0.4, -0.2) is 37.4 Å². The first-order valence-electron chi connectivity index (χ1n) is 7.39. The maximum Gasteiger partial charge on any atom is 0.231 e. The number of fused-ring (bicyclic) bond motifs is 1. The van der Waals surface area contributed by atoms with Crippen molar-refractivity contribution in [2.45, 2.75) is 38.6 Å². The highest BCUT2D eigenvalue weighted by Crippen LogP contribution is 2.33. The van der Waals surface area contributed by atoms with E-state index in [9.17, 15) is 0 Å². The Balaban J connectivity index is 1.99. The second-order valence-corrected chi connectivity index (χ2v) is 5.81. The number of hydrogen-bond donors (Lipinski definition) is 1. The van der Waals surface area contributed by atoms with Crippen LogP contribution in [0.1, 0.15) is 32.3 Å². The standard InChI is InChI=1S/C16H26N2O2/c1-4-9-18(3)16(2,11-17)8-7-13-5-6-14-15(10-13)20-12-19-14/h5-6,10H,4,7-9,11-12,17H2,1-3H3. The summed E-state index contributed by atoms with van der Waals surface area (Å²) in [5.74, 6) is 1.71. The number of rotatable bonds is 7. The number of hydrogen-bond acceptors (Lipinski definition) is 4. The van der Waals surface area contributed by atoms with Gasteiger partial charge < -0.3 is 15.2 Å². The summed E-state index contributed by atoms with van der Waals surface area (Å²) >= 11 is 0. The van der Waals surface area contributed by atoms with E-state index < -0.39 is 0 Å². The Morgan fingerprint density at radius 2 is 2.05 bits per heavy atom. The summed E-state index contributed by atoms with van der Waals surface area (Å²) in [6, 6.07) is 6.19. The molecule has 0 aliphatic carbocycles. The normalized spacial score (nSPS) is 16.4. The number of nitrogens with two attached hydrogens (primary N) is 1. The van der Waals surface area contributed by atoms with Crippen LogP contribution in [-0.2, 0) is 6.42 Å². The van der Waals surface area contributed by atoms with Crippen LogP contribution in [0.4, 0.5) is 0 Å². The molecule has 0 saturated heterocycles. The van der Waals surface area contributed by atoms with Gasteiger partial charge in [-0.2, -0.15) is 0 Å². The monoisotopic (exact) mass is 278 g/mol. The van der Waals surface area contributed by atoms with Crippen molar-refractivity contribution in [3.05, 3.63) is 23.8 Å². The molecular formula is C16H26N2O2. The predicted octanol–water partition coefficient (Wildman–Crippen LogP) is 2.41. The van der Waals surface area contributed by atoms with Gasteiger partial charge in [-0.05, 0) is 57.5 Å². The number of ether oxygens (including phenoxy) is 2. The average molecular weight is 278 g/mol. The SMILES string of the molecule is CCCN(C)C(C)(CN)CCc1ccc2c(c1)OCO2. The van der Waals surface area contributed by atoms with Gasteiger partial charge in [0.15, 0.2) is 11.5 Å². The molecule has 0 bridgehead atoms. The summed E-state index contributed by atoms with van der Waals surface area (Å²) in [5, 5.41) is 0. The molecule has 1 atom stereocenters. The van der Waals surface area contributed by atoms with E-state index in [-0.39, 0.29) is 5.54 Å². The first-order chi connectivity index (χ1) is 9.59. The molecule has 1 heterocycles. The Hall–Kier alpha value is -1.26. The third-order valence-corrected chi connectivity index (χ3v) is 4.31. The van der Waals surface area contributed by atoms with Gasteiger partial charge in [-0.25, -0.2) is 0 Å². The average Bonchev–Trinajstić information content (AvgIpc) is 2.92. The van der Waals surface area contributed by atoms with E-state index in [0.29, 0.717) is 13.3 Å². The molecule has 1 aromatic carbocycles. The van der Waals surface area contributed by atoms with Crippen molar-refractivity contribution in [2.24, 2.45) is 5.73 Å². The van der Waals surface area contributed by atoms with Gasteiger partial charge in [0, 0.05) is 12.1 Å². The molecular weight excluding hydrogens is 252 g/mol. The first kappa shape index (κ1) is 15.1. The minimum absolute atomic E-state index is 0.0480. The maximum atomic E-state index is 6.01. The lowest BCUT2D eigenvalue weighted by Crippen LogP contribution is -2.50. The molecule has 2 rings (SSSR count). The van der Waals surface area contributed by atoms with Crippen LogP contribution in [0.25, 0.3) is 0 Å². The van der Waals surface area contributed by atoms with Gasteiger partial charge in [0.1, 0.15) is 0 Å². The van der Waals surface area contributed by atoms with Crippen LogP contribution in [0.2, 0.25) is 0 Å². The van der Waals surface area contributed by atoms with E-state index in [1.807, 2.05) is 6.07 Å². The van der Waals surface area contributed by atoms with Crippen molar-refractivity contribution >= 4 is 0 Å². The highest BCUT2D eigenvalue weighted by molar-refractivity contribution is 5.44. The Morgan fingerprint density at radius 3 is 2.75 bits per heavy atom. The molecule has 0 aromatic heterocycles. The quantitative estimate of drug-likeness (QED) is 0.832. The topological polar surface area (TPSA) is 47.7 Å². The highest BCUT2D eigenvalue weighted by Gasteiger charge is 2.27. The van der Waals surface area contributed by atoms with E-state index in [4.69, 9.17) is 15.2 Å². The van der Waals surface area contributed by atoms with E-state index in [2.05, 4.69) is 37.9 Å². The summed E-state index contributed by atoms with van der Waals surface area (Å²) in [6.45, 7) is 6.53. The molecule has 4 heteroatoms. The second kappa shape index (κ2) is 6.46. The number of nitrogens with zero attached hydrogens (tertiary/aromatic N) is 1. The van der Waals surface area contributed by atoms with Gasteiger partial charge >= 0.3 is 0 Å². The van der Waals surface area contributed by atoms with Crippen LogP contribution in [0.15, 0.2) is 18.2 Å². The minimum atomic E-state index is 0.0480. The zero-order valence-corrected chi connectivity index (χ0v) is 12.8. The smallest absolute Gasteiger partial charge is 0.231 e. The van der Waals surface area contributed by atoms with Crippen molar-refractivity contribution < 1.29 is 9.47 Å². The number of aryl methyl sites for hydroxylation is 1. The molecule has 20 heavy (non-hydrogen) atoms. The minimum Gasteiger partial charge on any atom is -0.454 e. The van der Waals surface area contributed by atoms with Crippen molar-refractivity contribution in [1.29, 1.82) is 0 Å². The van der Waals surface area contributed by atoms with Crippen molar-refractivity contribution in [1.82, 2.24) is 4.90 Å². The van der Waals surface area contributed by atoms with Crippen LogP contribution in [0.3, 0.4) is 0 Å². The Kier molecular flexibility index (Phi) is 4.89. The molecule has 0 amide bonds. The fourth-order valence-electron chi connectivity index (χ4n) is 2.56. The molecule has 0 radical (unpaired) electrons. The van der Waals surface area contributed by atoms with Gasteiger partial charge in [0.2, 0.25) is 6.79 Å². The van der Waals surface area contributed by atoms with E-state index >= 15 is 0 Å². The van der Waals surface area contributed by atoms with Crippen LogP contribution in [0, 0.1) is 0 Å². The summed E-state index contributed by atoms with van der Waals surface area (Å²) in [6.07, 6.45) is 3.19. The van der Waals surface area contributed by atoms with E-state index in [0.717, 1.165) is 37.3 Å². The van der Waals surface area contributed by atoms with Crippen LogP contribution < -0.4 is 15.2 Å². The Morgan fingerprint density at radius 1 is 1.30 bits per heavy atom. The third-order valence-electron chi connectivity index (χ3n) is 4.31. The molecule has 1 aromatic rings. The van der Waals surface area contributed by atoms with Gasteiger partial charge in [0.05, 0.1) is 0 Å². The van der Waals surface area contributed by atoms with E-state index in [1.165, 1.54) is 5.56 Å². The first-order valence-corrected chi connectivity index (χ1v) is 7.39. The predicted molar refractivity (Wildman–Crippen MR) is 81.3 cm³/mol. The summed E-state index contributed by atoms with van der Waals surface area (Å²) in [5.41, 5.74) is 7.33. The summed E-state index contributed by atoms with van der Waals surface area (Å²) < 4.78 is 10.8. The number of likely N-dealkylation sites (N-methyl/N-ethyl adjacent to an activating group) is 1. The van der Waals surface area contributed by atoms with Gasteiger partial charge in [-0.3, -0.25) is 4.90 Å². The maximum absolute atomic E-state index is 6.01. The van der Waals surface area contributed by atoms with Crippen molar-refractivity contribution in [3.8, 4) is 11.5 Å². The molecule has 1 unspecified atom stereocenters. The lowest BCUT2D eigenvalue weighted by atomic mass is 9.91. The van der Waals surface area contributed by atoms with E-state index in [1.54, 1.807) is 0 Å². The van der Waals surface area contributed by atoms with Crippen molar-refractivity contribution in [3.63, 3.8) is 0 Å². The van der Waals surface area contributed by atoms with Crippen LogP contribution >= 0.6 is 0 Å². The third kappa shape index (κ3) is 3.25. The zero-order chi connectivity index (χ0) is 14.6. The second-order valence-electron chi connectivity index (χ2n) is 5.81. The largest absolute Gasteiger partial charge is 0.454 e. The van der Waals surface area contributed by atoms with Crippen LogP contribution in [0.5, 0.6) is 11.5 Å². The zero-order valence-electron chi connectivity index (χ0n) is 12.8. The lowest BCUT2D eigenvalue weighted by Gasteiger charge is -2.38. The van der Waals surface area contributed by atoms with Gasteiger partial charge in [-0.1, -0.05) is 13.0 Å². The van der Waals surface area contributed by atoms with Gasteiger partial charge in [0.25, 0.3) is 0 Å². The molecule has 2 N–H and O–H groups in total. The molecule has 0 fully saturated rings. The molecule has 1 aliphatic rings. The lowest BCUT2D eigenvalue weighted by molar-refractivity contribution is 0.134. The Labute approximate surface area is 121 Å². The fourth-order valence-corrected chi connectivity index (χ4v) is 2.56. The van der Waals surface area contributed by atoms with Crippen molar-refractivity contribution in [2.75, 3.05) is 26.9 Å². The number of benzene rings is 1. The fraction of sp³-hybridized carbons (Fsp3) is 0.625. The molecule has 0 saturated carbocycles. The highest BCUT2D eigenvalue weighted by atomic mass is 16.7. The van der Waals surface area contributed by atoms with Gasteiger partial charge in [-0.15, -0.1) is 0 Å². The Bertz CT molecular complexity index is 450. The summed E-state index contributed by atoms with van der Waals surface area (Å²) in [7, 11) is 2.16. The molecule has 4 nitrogen and oxygen atoms in total. The molecule has 1 aliphatic heterocycles. The molecule has 112 valence electrons. The molecule has 0 spiro atoms.